The van der Waals surface area contributed by atoms with Crippen molar-refractivity contribution in [3.63, 3.8) is 0 Å². The van der Waals surface area contributed by atoms with Crippen LogP contribution in [0.4, 0.5) is 10.1 Å². The minimum atomic E-state index is -4.08. The molecule has 2 N–H and O–H groups in total. The van der Waals surface area contributed by atoms with Crippen molar-refractivity contribution in [3.8, 4) is 0 Å². The molecular weight excluding hydrogens is 337 g/mol. The van der Waals surface area contributed by atoms with Gasteiger partial charge in [-0.25, -0.2) is 17.6 Å². The first-order valence-corrected chi connectivity index (χ1v) is 8.27. The van der Waals surface area contributed by atoms with E-state index in [1.165, 1.54) is 44.2 Å². The van der Waals surface area contributed by atoms with Gasteiger partial charge in [-0.2, -0.15) is 0 Å². The fraction of sp³-hybridized carbons (Fsp3) is 0.125. The van der Waals surface area contributed by atoms with E-state index in [0.717, 1.165) is 6.07 Å². The van der Waals surface area contributed by atoms with E-state index in [4.69, 9.17) is 5.11 Å². The van der Waals surface area contributed by atoms with Gasteiger partial charge in [-0.1, -0.05) is 12.1 Å². The van der Waals surface area contributed by atoms with Gasteiger partial charge >= 0.3 is 5.97 Å². The second-order valence-corrected chi connectivity index (χ2v) is 6.82. The third-order valence-corrected chi connectivity index (χ3v) is 4.71. The third-order valence-electron chi connectivity index (χ3n) is 3.34. The van der Waals surface area contributed by atoms with Gasteiger partial charge < -0.3 is 5.11 Å². The Bertz CT molecular complexity index is 897. The minimum Gasteiger partial charge on any atom is -0.478 e. The number of hydrogen-bond acceptors (Lipinski definition) is 4. The number of carbonyl (C=O) groups excluding carboxylic acids is 1. The number of aromatic carboxylic acids is 1. The highest BCUT2D eigenvalue weighted by Gasteiger charge is 2.19. The molecule has 0 radical (unpaired) electrons. The van der Waals surface area contributed by atoms with Crippen molar-refractivity contribution in [2.24, 2.45) is 0 Å². The number of benzene rings is 2. The fourth-order valence-electron chi connectivity index (χ4n) is 2.06. The van der Waals surface area contributed by atoms with Crippen LogP contribution in [0.2, 0.25) is 0 Å². The van der Waals surface area contributed by atoms with Gasteiger partial charge in [0.1, 0.15) is 5.82 Å². The number of carboxylic acids is 1. The molecule has 0 aliphatic carbocycles. The van der Waals surface area contributed by atoms with Crippen molar-refractivity contribution in [2.45, 2.75) is 18.7 Å². The van der Waals surface area contributed by atoms with Gasteiger partial charge in [0.2, 0.25) is 0 Å². The molecule has 6 nitrogen and oxygen atoms in total. The van der Waals surface area contributed by atoms with Crippen LogP contribution >= 0.6 is 0 Å². The maximum Gasteiger partial charge on any atom is 0.335 e. The van der Waals surface area contributed by atoms with Crippen molar-refractivity contribution in [1.29, 1.82) is 0 Å². The molecule has 0 aliphatic heterocycles. The summed E-state index contributed by atoms with van der Waals surface area (Å²) in [5, 5.41) is 8.87. The first-order chi connectivity index (χ1) is 11.1. The Labute approximate surface area is 138 Å². The van der Waals surface area contributed by atoms with Gasteiger partial charge in [-0.15, -0.1) is 0 Å². The van der Waals surface area contributed by atoms with Gasteiger partial charge in [0.05, 0.1) is 16.1 Å². The van der Waals surface area contributed by atoms with Crippen molar-refractivity contribution in [2.75, 3.05) is 4.72 Å². The van der Waals surface area contributed by atoms with E-state index in [2.05, 4.69) is 4.72 Å². The average molecular weight is 351 g/mol. The molecule has 0 bridgehead atoms. The summed E-state index contributed by atoms with van der Waals surface area (Å²) in [6.45, 7) is 2.75. The van der Waals surface area contributed by atoms with Crippen LogP contribution in [0.25, 0.3) is 0 Å². The van der Waals surface area contributed by atoms with Crippen LogP contribution in [0, 0.1) is 12.7 Å². The summed E-state index contributed by atoms with van der Waals surface area (Å²) in [6, 6.07) is 7.09. The van der Waals surface area contributed by atoms with Gasteiger partial charge in [0.25, 0.3) is 10.0 Å². The molecule has 24 heavy (non-hydrogen) atoms. The number of Topliss-reactive ketones (excluding diaryl/α,β-unsaturated/α-hetero) is 1. The number of aryl methyl sites for hydroxylation is 1. The lowest BCUT2D eigenvalue weighted by Gasteiger charge is -2.12. The zero-order chi connectivity index (χ0) is 18.1. The largest absolute Gasteiger partial charge is 0.478 e. The van der Waals surface area contributed by atoms with E-state index in [9.17, 15) is 22.4 Å². The van der Waals surface area contributed by atoms with Crippen LogP contribution < -0.4 is 4.72 Å². The number of hydrogen-bond donors (Lipinski definition) is 2. The number of ketones is 1. The SMILES string of the molecule is CC(=O)c1ccc(S(=O)(=O)Nc2c(C)cc(C(=O)O)cc2F)cc1. The Morgan fingerprint density at radius 3 is 2.12 bits per heavy atom. The van der Waals surface area contributed by atoms with Crippen LogP contribution in [0.5, 0.6) is 0 Å². The standard InChI is InChI=1S/C16H14FNO5S/c1-9-7-12(16(20)21)8-14(17)15(9)18-24(22,23)13-5-3-11(4-6-13)10(2)19/h3-8,18H,1-2H3,(H,20,21). The molecule has 126 valence electrons. The molecule has 0 aromatic heterocycles. The molecule has 0 amide bonds. The Morgan fingerprint density at radius 2 is 1.67 bits per heavy atom. The average Bonchev–Trinajstić information content (AvgIpc) is 2.50. The van der Waals surface area contributed by atoms with E-state index in [1.54, 1.807) is 0 Å². The number of halogens is 1. The zero-order valence-electron chi connectivity index (χ0n) is 12.8. The van der Waals surface area contributed by atoms with Crippen LogP contribution in [0.3, 0.4) is 0 Å². The predicted molar refractivity (Wildman–Crippen MR) is 85.4 cm³/mol. The van der Waals surface area contributed by atoms with Gasteiger partial charge in [-0.3, -0.25) is 9.52 Å². The molecular formula is C16H14FNO5S. The lowest BCUT2D eigenvalue weighted by atomic mass is 10.1. The molecule has 0 atom stereocenters. The van der Waals surface area contributed by atoms with Crippen molar-refractivity contribution < 1.29 is 27.5 Å². The Morgan fingerprint density at radius 1 is 1.08 bits per heavy atom. The molecule has 0 saturated carbocycles. The lowest BCUT2D eigenvalue weighted by molar-refractivity contribution is 0.0696. The Hall–Kier alpha value is -2.74. The topological polar surface area (TPSA) is 101 Å². The van der Waals surface area contributed by atoms with E-state index in [1.807, 2.05) is 0 Å². The normalized spacial score (nSPS) is 11.1. The molecule has 2 rings (SSSR count). The molecule has 2 aromatic carbocycles. The monoisotopic (exact) mass is 351 g/mol. The predicted octanol–water partition coefficient (Wildman–Crippen LogP) is 2.84. The summed E-state index contributed by atoms with van der Waals surface area (Å²) in [5.74, 6) is -2.51. The highest BCUT2D eigenvalue weighted by Crippen LogP contribution is 2.25. The minimum absolute atomic E-state index is 0.135. The molecule has 0 spiro atoms. The highest BCUT2D eigenvalue weighted by molar-refractivity contribution is 7.92. The summed E-state index contributed by atoms with van der Waals surface area (Å²) in [4.78, 5) is 21.9. The number of anilines is 1. The summed E-state index contributed by atoms with van der Waals surface area (Å²) in [6.07, 6.45) is 0. The third kappa shape index (κ3) is 3.60. The van der Waals surface area contributed by atoms with Gasteiger partial charge in [-0.05, 0) is 43.7 Å². The molecule has 2 aromatic rings. The van der Waals surface area contributed by atoms with Crippen molar-refractivity contribution in [1.82, 2.24) is 0 Å². The molecule has 0 fully saturated rings. The summed E-state index contributed by atoms with van der Waals surface area (Å²) >= 11 is 0. The maximum atomic E-state index is 14.1. The van der Waals surface area contributed by atoms with Crippen LogP contribution in [-0.2, 0) is 10.0 Å². The summed E-state index contributed by atoms with van der Waals surface area (Å²) in [7, 11) is -4.08. The van der Waals surface area contributed by atoms with Crippen LogP contribution in [-0.4, -0.2) is 25.3 Å². The van der Waals surface area contributed by atoms with E-state index >= 15 is 0 Å². The number of sulfonamides is 1. The second-order valence-electron chi connectivity index (χ2n) is 5.14. The lowest BCUT2D eigenvalue weighted by Crippen LogP contribution is -2.15. The smallest absolute Gasteiger partial charge is 0.335 e. The summed E-state index contributed by atoms with van der Waals surface area (Å²) in [5.41, 5.74) is -0.118. The van der Waals surface area contributed by atoms with E-state index in [-0.39, 0.29) is 27.5 Å². The zero-order valence-corrected chi connectivity index (χ0v) is 13.6. The number of rotatable bonds is 5. The van der Waals surface area contributed by atoms with E-state index < -0.39 is 21.8 Å². The molecule has 0 aliphatic rings. The Kier molecular flexibility index (Phi) is 4.70. The molecule has 0 heterocycles. The van der Waals surface area contributed by atoms with Crippen LogP contribution in [0.1, 0.15) is 33.2 Å². The van der Waals surface area contributed by atoms with E-state index in [0.29, 0.717) is 5.56 Å². The fourth-order valence-corrected chi connectivity index (χ4v) is 3.20. The number of carbonyl (C=O) groups is 2. The maximum absolute atomic E-state index is 14.1. The quantitative estimate of drug-likeness (QED) is 0.807. The van der Waals surface area contributed by atoms with Crippen LogP contribution in [0.15, 0.2) is 41.3 Å². The number of nitrogens with one attached hydrogen (secondary N) is 1. The first kappa shape index (κ1) is 17.6. The van der Waals surface area contributed by atoms with Gasteiger partial charge in [0, 0.05) is 5.56 Å². The highest BCUT2D eigenvalue weighted by atomic mass is 32.2. The van der Waals surface area contributed by atoms with Crippen molar-refractivity contribution in [3.05, 3.63) is 58.9 Å². The Balaban J connectivity index is 2.39. The number of carboxylic acid groups (broad SMARTS) is 1. The first-order valence-electron chi connectivity index (χ1n) is 6.79. The summed E-state index contributed by atoms with van der Waals surface area (Å²) < 4.78 is 40.8. The van der Waals surface area contributed by atoms with Gasteiger partial charge in [0.15, 0.2) is 5.78 Å². The molecule has 0 saturated heterocycles. The molecule has 8 heteroatoms. The van der Waals surface area contributed by atoms with Crippen molar-refractivity contribution >= 4 is 27.5 Å². The second kappa shape index (κ2) is 6.40. The molecule has 0 unspecified atom stereocenters.